The van der Waals surface area contributed by atoms with Gasteiger partial charge in [-0.2, -0.15) is 0 Å². The number of benzene rings is 1. The maximum Gasteiger partial charge on any atom is 0.224 e. The SMILES string of the molecule is CCCC(=O)Nc1cccc(CN=C(NCC)NCCCN2CCCCCC2=O)c1. The molecule has 3 N–H and O–H groups in total. The Hall–Kier alpha value is -2.57. The molecule has 0 bridgehead atoms. The van der Waals surface area contributed by atoms with Gasteiger partial charge in [-0.05, 0) is 50.3 Å². The van der Waals surface area contributed by atoms with Crippen LogP contribution in [0.4, 0.5) is 5.69 Å². The fourth-order valence-corrected chi connectivity index (χ4v) is 3.46. The van der Waals surface area contributed by atoms with Crippen molar-refractivity contribution < 1.29 is 9.59 Å². The molecule has 2 amide bonds. The van der Waals surface area contributed by atoms with E-state index in [1.54, 1.807) is 0 Å². The van der Waals surface area contributed by atoms with Gasteiger partial charge < -0.3 is 20.9 Å². The van der Waals surface area contributed by atoms with Crippen molar-refractivity contribution in [3.63, 3.8) is 0 Å². The Labute approximate surface area is 180 Å². The summed E-state index contributed by atoms with van der Waals surface area (Å²) in [6.07, 6.45) is 6.24. The van der Waals surface area contributed by atoms with Gasteiger partial charge in [0, 0.05) is 44.7 Å². The second kappa shape index (κ2) is 13.6. The van der Waals surface area contributed by atoms with Crippen LogP contribution in [0.2, 0.25) is 0 Å². The van der Waals surface area contributed by atoms with Crippen molar-refractivity contribution in [2.45, 2.75) is 65.3 Å². The average molecular weight is 416 g/mol. The highest BCUT2D eigenvalue weighted by Gasteiger charge is 2.15. The molecule has 0 aromatic heterocycles. The maximum atomic E-state index is 12.1. The van der Waals surface area contributed by atoms with Crippen LogP contribution in [0.25, 0.3) is 0 Å². The lowest BCUT2D eigenvalue weighted by Gasteiger charge is -2.20. The third-order valence-corrected chi connectivity index (χ3v) is 5.02. The van der Waals surface area contributed by atoms with E-state index < -0.39 is 0 Å². The zero-order valence-corrected chi connectivity index (χ0v) is 18.5. The van der Waals surface area contributed by atoms with Crippen molar-refractivity contribution in [2.75, 3.05) is 31.5 Å². The first-order chi connectivity index (χ1) is 14.6. The minimum absolute atomic E-state index is 0.0380. The smallest absolute Gasteiger partial charge is 0.224 e. The van der Waals surface area contributed by atoms with Crippen LogP contribution in [0.5, 0.6) is 0 Å². The second-order valence-corrected chi connectivity index (χ2v) is 7.67. The van der Waals surface area contributed by atoms with Gasteiger partial charge in [0.2, 0.25) is 11.8 Å². The van der Waals surface area contributed by atoms with Crippen LogP contribution in [0.1, 0.15) is 64.4 Å². The molecule has 0 radical (unpaired) electrons. The first-order valence-electron chi connectivity index (χ1n) is 11.3. The van der Waals surface area contributed by atoms with Crippen molar-refractivity contribution >= 4 is 23.5 Å². The molecule has 0 unspecified atom stereocenters. The number of aliphatic imine (C=N–C) groups is 1. The molecule has 1 aliphatic heterocycles. The lowest BCUT2D eigenvalue weighted by molar-refractivity contribution is -0.130. The summed E-state index contributed by atoms with van der Waals surface area (Å²) in [6.45, 7) is 7.79. The van der Waals surface area contributed by atoms with E-state index in [1.807, 2.05) is 43.0 Å². The van der Waals surface area contributed by atoms with E-state index in [1.165, 1.54) is 0 Å². The summed E-state index contributed by atoms with van der Waals surface area (Å²) in [5, 5.41) is 9.54. The maximum absolute atomic E-state index is 12.1. The standard InChI is InChI=1S/C23H37N5O2/c1-3-10-21(29)27-20-12-8-11-19(17-20)18-26-23(24-4-2)25-14-9-16-28-15-7-5-6-13-22(28)30/h8,11-12,17H,3-7,9-10,13-16,18H2,1-2H3,(H,27,29)(H2,24,25,26). The number of rotatable bonds is 10. The summed E-state index contributed by atoms with van der Waals surface area (Å²) in [6, 6.07) is 7.80. The Kier molecular flexibility index (Phi) is 10.8. The Morgan fingerprint density at radius 1 is 1.17 bits per heavy atom. The third-order valence-electron chi connectivity index (χ3n) is 5.02. The van der Waals surface area contributed by atoms with E-state index in [9.17, 15) is 9.59 Å². The summed E-state index contributed by atoms with van der Waals surface area (Å²) < 4.78 is 0. The van der Waals surface area contributed by atoms with Gasteiger partial charge in [0.05, 0.1) is 6.54 Å². The van der Waals surface area contributed by atoms with Gasteiger partial charge in [0.25, 0.3) is 0 Å². The Bertz CT molecular complexity index is 705. The molecule has 2 rings (SSSR count). The number of hydrogen-bond acceptors (Lipinski definition) is 3. The van der Waals surface area contributed by atoms with E-state index in [2.05, 4.69) is 20.9 Å². The van der Waals surface area contributed by atoms with Crippen molar-refractivity contribution in [3.05, 3.63) is 29.8 Å². The quantitative estimate of drug-likeness (QED) is 0.311. The van der Waals surface area contributed by atoms with Gasteiger partial charge >= 0.3 is 0 Å². The fourth-order valence-electron chi connectivity index (χ4n) is 3.46. The van der Waals surface area contributed by atoms with Crippen LogP contribution < -0.4 is 16.0 Å². The highest BCUT2D eigenvalue weighted by Crippen LogP contribution is 2.13. The van der Waals surface area contributed by atoms with Gasteiger partial charge in [-0.1, -0.05) is 25.5 Å². The highest BCUT2D eigenvalue weighted by molar-refractivity contribution is 5.90. The van der Waals surface area contributed by atoms with E-state index in [-0.39, 0.29) is 5.91 Å². The number of hydrogen-bond donors (Lipinski definition) is 3. The molecule has 0 spiro atoms. The topological polar surface area (TPSA) is 85.8 Å². The normalized spacial score (nSPS) is 14.9. The Morgan fingerprint density at radius 3 is 2.83 bits per heavy atom. The zero-order valence-electron chi connectivity index (χ0n) is 18.5. The minimum Gasteiger partial charge on any atom is -0.357 e. The van der Waals surface area contributed by atoms with E-state index >= 15 is 0 Å². The summed E-state index contributed by atoms with van der Waals surface area (Å²) in [5.74, 6) is 1.09. The van der Waals surface area contributed by atoms with Crippen LogP contribution in [0, 0.1) is 0 Å². The number of guanidine groups is 1. The van der Waals surface area contributed by atoms with Gasteiger partial charge in [-0.15, -0.1) is 0 Å². The Balaban J connectivity index is 1.82. The molecule has 0 atom stereocenters. The Morgan fingerprint density at radius 2 is 2.03 bits per heavy atom. The van der Waals surface area contributed by atoms with Gasteiger partial charge in [0.15, 0.2) is 5.96 Å². The molecule has 1 aromatic rings. The molecule has 1 saturated heterocycles. The molecule has 0 saturated carbocycles. The van der Waals surface area contributed by atoms with Crippen LogP contribution in [-0.2, 0) is 16.1 Å². The summed E-state index contributed by atoms with van der Waals surface area (Å²) >= 11 is 0. The number of nitrogens with one attached hydrogen (secondary N) is 3. The number of carbonyl (C=O) groups is 2. The van der Waals surface area contributed by atoms with Gasteiger partial charge in [-0.25, -0.2) is 4.99 Å². The van der Waals surface area contributed by atoms with Crippen molar-refractivity contribution in [1.82, 2.24) is 15.5 Å². The lowest BCUT2D eigenvalue weighted by atomic mass is 10.2. The molecule has 1 aliphatic rings. The van der Waals surface area contributed by atoms with Crippen LogP contribution in [0.3, 0.4) is 0 Å². The van der Waals surface area contributed by atoms with Crippen LogP contribution in [0.15, 0.2) is 29.3 Å². The average Bonchev–Trinajstić information content (AvgIpc) is 2.93. The van der Waals surface area contributed by atoms with Crippen molar-refractivity contribution in [3.8, 4) is 0 Å². The molecular formula is C23H37N5O2. The fraction of sp³-hybridized carbons (Fsp3) is 0.609. The number of anilines is 1. The number of carbonyl (C=O) groups excluding carboxylic acids is 2. The predicted octanol–water partition coefficient (Wildman–Crippen LogP) is 3.27. The molecule has 30 heavy (non-hydrogen) atoms. The van der Waals surface area contributed by atoms with Crippen molar-refractivity contribution in [1.29, 1.82) is 0 Å². The third kappa shape index (κ3) is 8.84. The molecule has 1 aromatic carbocycles. The van der Waals surface area contributed by atoms with Gasteiger partial charge in [0.1, 0.15) is 0 Å². The summed E-state index contributed by atoms with van der Waals surface area (Å²) in [5.41, 5.74) is 1.85. The monoisotopic (exact) mass is 415 g/mol. The first-order valence-corrected chi connectivity index (χ1v) is 11.3. The minimum atomic E-state index is 0.0380. The largest absolute Gasteiger partial charge is 0.357 e. The molecular weight excluding hydrogens is 378 g/mol. The van der Waals surface area contributed by atoms with E-state index in [4.69, 9.17) is 0 Å². The number of likely N-dealkylation sites (tertiary alicyclic amines) is 1. The summed E-state index contributed by atoms with van der Waals surface area (Å²) in [4.78, 5) is 30.5. The predicted molar refractivity (Wildman–Crippen MR) is 122 cm³/mol. The zero-order chi connectivity index (χ0) is 21.6. The molecule has 0 aliphatic carbocycles. The van der Waals surface area contributed by atoms with E-state index in [0.29, 0.717) is 25.3 Å². The first kappa shape index (κ1) is 23.7. The lowest BCUT2D eigenvalue weighted by Crippen LogP contribution is -2.39. The number of nitrogens with zero attached hydrogens (tertiary/aromatic N) is 2. The molecule has 1 fully saturated rings. The van der Waals surface area contributed by atoms with Crippen LogP contribution in [-0.4, -0.2) is 48.9 Å². The number of amides is 2. The highest BCUT2D eigenvalue weighted by atomic mass is 16.2. The van der Waals surface area contributed by atoms with E-state index in [0.717, 1.165) is 75.5 Å². The molecule has 166 valence electrons. The van der Waals surface area contributed by atoms with Gasteiger partial charge in [-0.3, -0.25) is 9.59 Å². The van der Waals surface area contributed by atoms with Crippen molar-refractivity contribution in [2.24, 2.45) is 4.99 Å². The van der Waals surface area contributed by atoms with Crippen LogP contribution >= 0.6 is 0 Å². The molecule has 1 heterocycles. The second-order valence-electron chi connectivity index (χ2n) is 7.67. The molecule has 7 heteroatoms. The molecule has 7 nitrogen and oxygen atoms in total. The summed E-state index contributed by atoms with van der Waals surface area (Å²) in [7, 11) is 0.